The van der Waals surface area contributed by atoms with E-state index in [4.69, 9.17) is 4.74 Å². The minimum Gasteiger partial charge on any atom is -0.497 e. The molecule has 0 radical (unpaired) electrons. The number of hydrogen-bond acceptors (Lipinski definition) is 8. The Labute approximate surface area is 204 Å². The zero-order chi connectivity index (χ0) is 24.5. The molecule has 178 valence electrons. The molecule has 5 rings (SSSR count). The molecule has 1 atom stereocenters. The topological polar surface area (TPSA) is 122 Å². The molecule has 1 aromatic heterocycles. The van der Waals surface area contributed by atoms with E-state index in [0.717, 1.165) is 0 Å². The van der Waals surface area contributed by atoms with E-state index in [1.54, 1.807) is 60.5 Å². The molecule has 3 aromatic rings. The number of nitrogens with zero attached hydrogens (tertiary/aromatic N) is 4. The summed E-state index contributed by atoms with van der Waals surface area (Å²) >= 11 is 1.18. The van der Waals surface area contributed by atoms with E-state index in [0.29, 0.717) is 39.1 Å². The highest BCUT2D eigenvalue weighted by atomic mass is 32.1. The molecule has 0 bridgehead atoms. The van der Waals surface area contributed by atoms with Crippen molar-refractivity contribution in [1.29, 1.82) is 0 Å². The number of aromatic nitrogens is 2. The largest absolute Gasteiger partial charge is 0.497 e. The highest BCUT2D eigenvalue weighted by Crippen LogP contribution is 2.28. The van der Waals surface area contributed by atoms with Crippen LogP contribution >= 0.6 is 11.3 Å². The van der Waals surface area contributed by atoms with Gasteiger partial charge < -0.3 is 15.0 Å². The molecule has 4 amide bonds. The van der Waals surface area contributed by atoms with Crippen LogP contribution in [0.5, 0.6) is 5.75 Å². The smallest absolute Gasteiger partial charge is 0.261 e. The maximum Gasteiger partial charge on any atom is 0.261 e. The molecule has 0 spiro atoms. The van der Waals surface area contributed by atoms with Crippen molar-refractivity contribution in [3.05, 3.63) is 64.7 Å². The summed E-state index contributed by atoms with van der Waals surface area (Å²) in [7, 11) is 1.57. The lowest BCUT2D eigenvalue weighted by atomic mass is 10.1. The van der Waals surface area contributed by atoms with Crippen LogP contribution in [0, 0.1) is 5.92 Å². The van der Waals surface area contributed by atoms with Gasteiger partial charge in [0.2, 0.25) is 16.9 Å². The number of amides is 4. The molecule has 11 heteroatoms. The number of carbonyl (C=O) groups excluding carboxylic acids is 4. The average Bonchev–Trinajstić information content (AvgIpc) is 3.55. The Bertz CT molecular complexity index is 1290. The molecule has 0 saturated carbocycles. The number of benzene rings is 2. The van der Waals surface area contributed by atoms with Crippen molar-refractivity contribution in [3.63, 3.8) is 0 Å². The van der Waals surface area contributed by atoms with Gasteiger partial charge in [0.05, 0.1) is 24.2 Å². The first kappa shape index (κ1) is 22.7. The number of imide groups is 1. The molecule has 1 fully saturated rings. The van der Waals surface area contributed by atoms with Crippen LogP contribution in [0.1, 0.15) is 32.1 Å². The number of nitrogens with one attached hydrogen (secondary N) is 1. The van der Waals surface area contributed by atoms with Crippen LogP contribution in [0.15, 0.2) is 48.5 Å². The van der Waals surface area contributed by atoms with Crippen LogP contribution < -0.4 is 15.0 Å². The fourth-order valence-electron chi connectivity index (χ4n) is 4.16. The normalized spacial score (nSPS) is 17.2. The van der Waals surface area contributed by atoms with Crippen molar-refractivity contribution in [1.82, 2.24) is 15.1 Å². The summed E-state index contributed by atoms with van der Waals surface area (Å²) in [5.74, 6) is -0.918. The van der Waals surface area contributed by atoms with Gasteiger partial charge in [0.15, 0.2) is 0 Å². The standard InChI is InChI=1S/C24H21N5O5S/c1-34-16-8-6-15(7-9-16)29-13-14(12-20(29)30)21(31)25-24-27-26-19(35-24)10-11-28-22(32)17-4-2-3-5-18(17)23(28)33/h2-9,14H,10-13H2,1H3,(H,25,27,31). The van der Waals surface area contributed by atoms with Crippen LogP contribution in [0.2, 0.25) is 0 Å². The monoisotopic (exact) mass is 491 g/mol. The van der Waals surface area contributed by atoms with E-state index >= 15 is 0 Å². The Morgan fingerprint density at radius 2 is 1.74 bits per heavy atom. The van der Waals surface area contributed by atoms with Gasteiger partial charge in [-0.15, -0.1) is 10.2 Å². The first-order valence-electron chi connectivity index (χ1n) is 11.0. The molecule has 35 heavy (non-hydrogen) atoms. The Hall–Kier alpha value is -4.12. The molecule has 0 aliphatic carbocycles. The Morgan fingerprint density at radius 1 is 1.06 bits per heavy atom. The molecule has 1 unspecified atom stereocenters. The summed E-state index contributed by atoms with van der Waals surface area (Å²) < 4.78 is 5.14. The number of fused-ring (bicyclic) bond motifs is 1. The summed E-state index contributed by atoms with van der Waals surface area (Å²) in [6.45, 7) is 0.436. The fraction of sp³-hybridized carbons (Fsp3) is 0.250. The van der Waals surface area contributed by atoms with Crippen LogP contribution in [0.25, 0.3) is 0 Å². The zero-order valence-corrected chi connectivity index (χ0v) is 19.6. The van der Waals surface area contributed by atoms with Crippen LogP contribution in [-0.2, 0) is 16.0 Å². The minimum atomic E-state index is -0.518. The third kappa shape index (κ3) is 4.37. The quantitative estimate of drug-likeness (QED) is 0.504. The van der Waals surface area contributed by atoms with E-state index in [1.165, 1.54) is 16.2 Å². The van der Waals surface area contributed by atoms with Crippen molar-refractivity contribution in [2.75, 3.05) is 30.4 Å². The molecular formula is C24H21N5O5S. The SMILES string of the molecule is COc1ccc(N2CC(C(=O)Nc3nnc(CCN4C(=O)c5ccccc5C4=O)s3)CC2=O)cc1. The first-order chi connectivity index (χ1) is 16.9. The van der Waals surface area contributed by atoms with E-state index in [2.05, 4.69) is 15.5 Å². The number of rotatable bonds is 7. The van der Waals surface area contributed by atoms with Gasteiger partial charge in [-0.05, 0) is 36.4 Å². The lowest BCUT2D eigenvalue weighted by molar-refractivity contribution is -0.122. The highest BCUT2D eigenvalue weighted by Gasteiger charge is 2.36. The lowest BCUT2D eigenvalue weighted by Crippen LogP contribution is -2.31. The van der Waals surface area contributed by atoms with Gasteiger partial charge in [-0.2, -0.15) is 0 Å². The van der Waals surface area contributed by atoms with Crippen molar-refractivity contribution < 1.29 is 23.9 Å². The number of carbonyl (C=O) groups is 4. The van der Waals surface area contributed by atoms with Crippen molar-refractivity contribution >= 4 is 45.8 Å². The molecule has 2 aromatic carbocycles. The zero-order valence-electron chi connectivity index (χ0n) is 18.8. The van der Waals surface area contributed by atoms with E-state index < -0.39 is 5.92 Å². The molecule has 2 aliphatic rings. The van der Waals surface area contributed by atoms with Crippen molar-refractivity contribution in [2.45, 2.75) is 12.8 Å². The lowest BCUT2D eigenvalue weighted by Gasteiger charge is -2.16. The first-order valence-corrected chi connectivity index (χ1v) is 11.8. The van der Waals surface area contributed by atoms with Gasteiger partial charge in [-0.3, -0.25) is 24.1 Å². The number of anilines is 2. The molecule has 1 saturated heterocycles. The number of hydrogen-bond donors (Lipinski definition) is 1. The summed E-state index contributed by atoms with van der Waals surface area (Å²) in [4.78, 5) is 53.0. The predicted molar refractivity (Wildman–Crippen MR) is 128 cm³/mol. The van der Waals surface area contributed by atoms with Gasteiger partial charge in [0.25, 0.3) is 11.8 Å². The Morgan fingerprint density at radius 3 is 2.40 bits per heavy atom. The van der Waals surface area contributed by atoms with Gasteiger partial charge >= 0.3 is 0 Å². The van der Waals surface area contributed by atoms with Crippen LogP contribution in [0.3, 0.4) is 0 Å². The molecule has 10 nitrogen and oxygen atoms in total. The third-order valence-electron chi connectivity index (χ3n) is 6.00. The molecule has 1 N–H and O–H groups in total. The Balaban J connectivity index is 1.16. The minimum absolute atomic E-state index is 0.100. The summed E-state index contributed by atoms with van der Waals surface area (Å²) in [5, 5.41) is 11.7. The maximum atomic E-state index is 12.8. The average molecular weight is 492 g/mol. The second-order valence-electron chi connectivity index (χ2n) is 8.15. The second-order valence-corrected chi connectivity index (χ2v) is 9.21. The van der Waals surface area contributed by atoms with Crippen LogP contribution in [0.4, 0.5) is 10.8 Å². The van der Waals surface area contributed by atoms with E-state index in [-0.39, 0.29) is 43.1 Å². The van der Waals surface area contributed by atoms with Gasteiger partial charge in [-0.25, -0.2) is 0 Å². The summed E-state index contributed by atoms with van der Waals surface area (Å²) in [5.41, 5.74) is 1.51. The van der Waals surface area contributed by atoms with Gasteiger partial charge in [0.1, 0.15) is 10.8 Å². The molecule has 2 aliphatic heterocycles. The summed E-state index contributed by atoms with van der Waals surface area (Å²) in [6, 6.07) is 13.8. The molecular weight excluding hydrogens is 470 g/mol. The van der Waals surface area contributed by atoms with Gasteiger partial charge in [-0.1, -0.05) is 23.5 Å². The third-order valence-corrected chi connectivity index (χ3v) is 6.90. The second kappa shape index (κ2) is 9.26. The van der Waals surface area contributed by atoms with Crippen molar-refractivity contribution in [3.8, 4) is 5.75 Å². The van der Waals surface area contributed by atoms with E-state index in [1.807, 2.05) is 0 Å². The van der Waals surface area contributed by atoms with Crippen LogP contribution in [-0.4, -0.2) is 58.9 Å². The number of methoxy groups -OCH3 is 1. The predicted octanol–water partition coefficient (Wildman–Crippen LogP) is 2.38. The van der Waals surface area contributed by atoms with E-state index in [9.17, 15) is 19.2 Å². The molecule has 3 heterocycles. The maximum absolute atomic E-state index is 12.8. The van der Waals surface area contributed by atoms with Gasteiger partial charge in [0, 0.05) is 31.6 Å². The number of ether oxygens (including phenoxy) is 1. The van der Waals surface area contributed by atoms with Crippen molar-refractivity contribution in [2.24, 2.45) is 5.92 Å². The Kier molecular flexibility index (Phi) is 6.00. The highest BCUT2D eigenvalue weighted by molar-refractivity contribution is 7.15. The summed E-state index contributed by atoms with van der Waals surface area (Å²) in [6.07, 6.45) is 0.426. The fourth-order valence-corrected chi connectivity index (χ4v) is 4.89.